The van der Waals surface area contributed by atoms with E-state index in [9.17, 15) is 19.5 Å². The van der Waals surface area contributed by atoms with Crippen molar-refractivity contribution >= 4 is 28.2 Å². The molecule has 1 amide bonds. The molecule has 4 heterocycles. The maximum atomic E-state index is 13.7. The summed E-state index contributed by atoms with van der Waals surface area (Å²) in [5.41, 5.74) is 4.56. The molecule has 0 atom stereocenters. The highest BCUT2D eigenvalue weighted by Crippen LogP contribution is 2.40. The number of benzene rings is 2. The van der Waals surface area contributed by atoms with E-state index in [1.165, 1.54) is 24.6 Å². The van der Waals surface area contributed by atoms with Crippen molar-refractivity contribution in [3.05, 3.63) is 116 Å². The molecule has 1 saturated carbocycles. The molecule has 10 heteroatoms. The summed E-state index contributed by atoms with van der Waals surface area (Å²) in [6, 6.07) is 18.5. The van der Waals surface area contributed by atoms with Crippen molar-refractivity contribution in [2.24, 2.45) is 0 Å². The number of aliphatic hydroxyl groups excluding tert-OH is 1. The molecule has 0 unspecified atom stereocenters. The second-order valence-corrected chi connectivity index (χ2v) is 11.6. The van der Waals surface area contributed by atoms with Gasteiger partial charge in [-0.15, -0.1) is 0 Å². The maximum absolute atomic E-state index is 13.7. The highest BCUT2D eigenvalue weighted by Gasteiger charge is 2.24. The number of H-pyrrole nitrogens is 1. The number of aliphatic hydroxyl groups is 1. The van der Waals surface area contributed by atoms with Crippen LogP contribution in [-0.2, 0) is 11.3 Å². The van der Waals surface area contributed by atoms with Gasteiger partial charge in [-0.05, 0) is 78.6 Å². The molecular formula is C35H33N5O5. The van der Waals surface area contributed by atoms with E-state index in [1.807, 2.05) is 36.4 Å². The topological polar surface area (TPSA) is 130 Å². The predicted octanol–water partition coefficient (Wildman–Crippen LogP) is 4.64. The molecule has 2 aliphatic rings. The van der Waals surface area contributed by atoms with Crippen molar-refractivity contribution in [3.63, 3.8) is 0 Å². The largest absolute Gasteiger partial charge is 0.392 e. The van der Waals surface area contributed by atoms with Crippen LogP contribution in [0.15, 0.2) is 82.6 Å². The summed E-state index contributed by atoms with van der Waals surface area (Å²) >= 11 is 0. The Labute approximate surface area is 258 Å². The fourth-order valence-electron chi connectivity index (χ4n) is 6.02. The first-order valence-electron chi connectivity index (χ1n) is 15.1. The number of anilines is 2. The van der Waals surface area contributed by atoms with E-state index < -0.39 is 0 Å². The minimum Gasteiger partial charge on any atom is -0.392 e. The average molecular weight is 604 g/mol. The van der Waals surface area contributed by atoms with Crippen LogP contribution in [-0.4, -0.2) is 56.8 Å². The zero-order valence-electron chi connectivity index (χ0n) is 24.9. The van der Waals surface area contributed by atoms with Gasteiger partial charge in [-0.3, -0.25) is 19.0 Å². The van der Waals surface area contributed by atoms with Gasteiger partial charge in [-0.2, -0.15) is 0 Å². The first-order chi connectivity index (χ1) is 21.9. The number of hydrogen-bond acceptors (Lipinski definition) is 7. The van der Waals surface area contributed by atoms with Gasteiger partial charge in [0.05, 0.1) is 31.1 Å². The number of aromatic nitrogens is 3. The van der Waals surface area contributed by atoms with Crippen LogP contribution in [0.1, 0.15) is 45.9 Å². The molecule has 5 aromatic rings. The molecule has 2 fully saturated rings. The first-order valence-corrected chi connectivity index (χ1v) is 15.1. The van der Waals surface area contributed by atoms with Crippen LogP contribution in [0.5, 0.6) is 0 Å². The van der Waals surface area contributed by atoms with Gasteiger partial charge >= 0.3 is 0 Å². The first kappa shape index (κ1) is 28.7. The number of morpholine rings is 1. The van der Waals surface area contributed by atoms with E-state index in [0.29, 0.717) is 77.1 Å². The van der Waals surface area contributed by atoms with Crippen molar-refractivity contribution in [2.75, 3.05) is 31.6 Å². The Morgan fingerprint density at radius 3 is 2.60 bits per heavy atom. The molecule has 2 aromatic carbocycles. The van der Waals surface area contributed by atoms with Gasteiger partial charge in [0.2, 0.25) is 0 Å². The summed E-state index contributed by atoms with van der Waals surface area (Å²) < 4.78 is 6.89. The molecule has 0 spiro atoms. The quantitative estimate of drug-likeness (QED) is 0.247. The minimum absolute atomic E-state index is 0.113. The number of carbonyl (C=O) groups excluding carboxylic acids is 1. The van der Waals surface area contributed by atoms with E-state index in [-0.39, 0.29) is 29.3 Å². The average Bonchev–Trinajstić information content (AvgIpc) is 3.92. The van der Waals surface area contributed by atoms with Crippen LogP contribution < -0.4 is 16.4 Å². The predicted molar refractivity (Wildman–Crippen MR) is 172 cm³/mol. The lowest BCUT2D eigenvalue weighted by Gasteiger charge is -2.26. The Hall–Kier alpha value is -5.06. The number of aryl methyl sites for hydroxylation is 1. The molecule has 7 rings (SSSR count). The second kappa shape index (κ2) is 11.8. The Kier molecular flexibility index (Phi) is 7.52. The van der Waals surface area contributed by atoms with Crippen LogP contribution in [0.25, 0.3) is 27.6 Å². The van der Waals surface area contributed by atoms with E-state index in [0.717, 1.165) is 5.39 Å². The van der Waals surface area contributed by atoms with Gasteiger partial charge in [0, 0.05) is 47.7 Å². The summed E-state index contributed by atoms with van der Waals surface area (Å²) in [5, 5.41) is 15.2. The van der Waals surface area contributed by atoms with E-state index in [2.05, 4.69) is 21.4 Å². The zero-order valence-corrected chi connectivity index (χ0v) is 24.9. The van der Waals surface area contributed by atoms with Crippen LogP contribution in [0.3, 0.4) is 0 Å². The molecule has 1 aliphatic heterocycles. The molecule has 3 N–H and O–H groups in total. The van der Waals surface area contributed by atoms with Crippen molar-refractivity contribution < 1.29 is 14.6 Å². The number of hydrogen-bond donors (Lipinski definition) is 3. The lowest BCUT2D eigenvalue weighted by molar-refractivity contribution is 0.0302. The van der Waals surface area contributed by atoms with Crippen molar-refractivity contribution in [1.82, 2.24) is 19.4 Å². The van der Waals surface area contributed by atoms with Crippen molar-refractivity contribution in [3.8, 4) is 16.8 Å². The van der Waals surface area contributed by atoms with Crippen LogP contribution in [0, 0.1) is 6.92 Å². The molecule has 0 radical (unpaired) electrons. The number of aromatic amines is 1. The third-order valence-electron chi connectivity index (χ3n) is 8.65. The van der Waals surface area contributed by atoms with Crippen LogP contribution in [0.4, 0.5) is 11.5 Å². The van der Waals surface area contributed by atoms with E-state index >= 15 is 0 Å². The van der Waals surface area contributed by atoms with Crippen molar-refractivity contribution in [1.29, 1.82) is 0 Å². The molecule has 10 nitrogen and oxygen atoms in total. The smallest absolute Gasteiger partial charge is 0.271 e. The molecule has 45 heavy (non-hydrogen) atoms. The highest BCUT2D eigenvalue weighted by molar-refractivity contribution is 5.94. The summed E-state index contributed by atoms with van der Waals surface area (Å²) in [5.74, 6) is 0.879. The van der Waals surface area contributed by atoms with Crippen LogP contribution >= 0.6 is 0 Å². The molecular weight excluding hydrogens is 570 g/mol. The third-order valence-corrected chi connectivity index (χ3v) is 8.65. The number of fused-ring (bicyclic) bond motifs is 1. The van der Waals surface area contributed by atoms with Gasteiger partial charge < -0.3 is 25.0 Å². The van der Waals surface area contributed by atoms with Gasteiger partial charge in [0.25, 0.3) is 17.0 Å². The maximum Gasteiger partial charge on any atom is 0.271 e. The van der Waals surface area contributed by atoms with Crippen LogP contribution in [0.2, 0.25) is 0 Å². The van der Waals surface area contributed by atoms with E-state index in [1.54, 1.807) is 40.8 Å². The second-order valence-electron chi connectivity index (χ2n) is 11.6. The summed E-state index contributed by atoms with van der Waals surface area (Å²) in [4.78, 5) is 48.4. The highest BCUT2D eigenvalue weighted by atomic mass is 16.5. The number of ether oxygens (including phenoxy) is 1. The zero-order chi connectivity index (χ0) is 31.1. The van der Waals surface area contributed by atoms with Gasteiger partial charge in [0.15, 0.2) is 0 Å². The lowest BCUT2D eigenvalue weighted by Crippen LogP contribution is -2.40. The summed E-state index contributed by atoms with van der Waals surface area (Å²) in [6.45, 7) is 3.56. The van der Waals surface area contributed by atoms with Gasteiger partial charge in [-0.25, -0.2) is 4.98 Å². The minimum atomic E-state index is -0.343. The normalized spacial score (nSPS) is 14.9. The van der Waals surface area contributed by atoms with Crippen molar-refractivity contribution in [2.45, 2.75) is 32.3 Å². The van der Waals surface area contributed by atoms with E-state index in [4.69, 9.17) is 4.74 Å². The molecule has 1 aliphatic carbocycles. The Morgan fingerprint density at radius 2 is 1.87 bits per heavy atom. The standard InChI is InChI=1S/C35H33N5O5/c1-21-28(18-30(33(42)37-21)38-32-10-8-25(19-36-32)34(43)39-13-15-45-16-14-39)27-3-2-4-31(29(27)20-41)40-12-11-24-17-23(22-5-6-22)7-9-26(24)35(40)44/h2-4,7-12,17-19,22,41H,5-6,13-16,20H2,1H3,(H,36,38)(H,37,42). The Bertz CT molecular complexity index is 2040. The number of nitrogens with one attached hydrogen (secondary N) is 2. The molecule has 228 valence electrons. The van der Waals surface area contributed by atoms with Gasteiger partial charge in [-0.1, -0.05) is 24.3 Å². The summed E-state index contributed by atoms with van der Waals surface area (Å²) in [6.07, 6.45) is 5.63. The Balaban J connectivity index is 1.21. The molecule has 0 bridgehead atoms. The Morgan fingerprint density at radius 1 is 1.04 bits per heavy atom. The SMILES string of the molecule is Cc1[nH]c(=O)c(Nc2ccc(C(=O)N3CCOCC3)cn2)cc1-c1cccc(-n2ccc3cc(C4CC4)ccc3c2=O)c1CO. The van der Waals surface area contributed by atoms with Gasteiger partial charge in [0.1, 0.15) is 11.5 Å². The fourth-order valence-corrected chi connectivity index (χ4v) is 6.02. The number of carbonyl (C=O) groups is 1. The molecule has 3 aromatic heterocycles. The number of pyridine rings is 3. The molecule has 1 saturated heterocycles. The monoisotopic (exact) mass is 603 g/mol. The fraction of sp³-hybridized carbons (Fsp3) is 0.257. The number of amides is 1. The number of nitrogens with zero attached hydrogens (tertiary/aromatic N) is 3. The number of rotatable bonds is 7. The third kappa shape index (κ3) is 5.54. The summed E-state index contributed by atoms with van der Waals surface area (Å²) in [7, 11) is 0. The lowest BCUT2D eigenvalue weighted by atomic mass is 9.96.